The van der Waals surface area contributed by atoms with Gasteiger partial charge in [-0.2, -0.15) is 5.26 Å². The first-order chi connectivity index (χ1) is 16.0. The number of halogens is 2. The highest BCUT2D eigenvalue weighted by Gasteiger charge is 2.15. The maximum absolute atomic E-state index is 12.8. The highest BCUT2D eigenvalue weighted by molar-refractivity contribution is 9.10. The number of hydrogen-bond donors (Lipinski definition) is 1. The van der Waals surface area contributed by atoms with Gasteiger partial charge in [-0.3, -0.25) is 4.79 Å². The average molecular weight is 524 g/mol. The standard InChI is InChI=1S/C27H24BrClN2O2/c1-3-19-9-6-8-12-25(19)31-27(32)21(17-30)13-18-14-23(28)22(26(15-18)33-4-2)16-20-10-5-7-11-24(20)29/h5-15H,3-4,16H2,1-2H3,(H,31,32)/b21-13+. The number of benzene rings is 3. The van der Waals surface area contributed by atoms with Gasteiger partial charge in [0.2, 0.25) is 0 Å². The third-order valence-electron chi connectivity index (χ3n) is 5.12. The summed E-state index contributed by atoms with van der Waals surface area (Å²) in [7, 11) is 0. The summed E-state index contributed by atoms with van der Waals surface area (Å²) in [5.74, 6) is 0.222. The van der Waals surface area contributed by atoms with E-state index in [0.29, 0.717) is 35.1 Å². The highest BCUT2D eigenvalue weighted by atomic mass is 79.9. The van der Waals surface area contributed by atoms with Crippen LogP contribution in [0.4, 0.5) is 5.69 Å². The third-order valence-corrected chi connectivity index (χ3v) is 6.20. The highest BCUT2D eigenvalue weighted by Crippen LogP contribution is 2.33. The van der Waals surface area contributed by atoms with Crippen LogP contribution in [-0.4, -0.2) is 12.5 Å². The van der Waals surface area contributed by atoms with Gasteiger partial charge in [-0.1, -0.05) is 70.9 Å². The maximum atomic E-state index is 12.8. The van der Waals surface area contributed by atoms with Crippen LogP contribution >= 0.6 is 27.5 Å². The van der Waals surface area contributed by atoms with Crippen molar-refractivity contribution in [1.29, 1.82) is 5.26 Å². The summed E-state index contributed by atoms with van der Waals surface area (Å²) < 4.78 is 6.70. The molecule has 6 heteroatoms. The van der Waals surface area contributed by atoms with Gasteiger partial charge < -0.3 is 10.1 Å². The molecule has 3 aromatic carbocycles. The van der Waals surface area contributed by atoms with E-state index in [-0.39, 0.29) is 5.57 Å². The maximum Gasteiger partial charge on any atom is 0.266 e. The number of amides is 1. The van der Waals surface area contributed by atoms with Crippen LogP contribution in [0.3, 0.4) is 0 Å². The lowest BCUT2D eigenvalue weighted by Gasteiger charge is -2.15. The number of anilines is 1. The molecule has 0 bridgehead atoms. The molecule has 0 aliphatic rings. The van der Waals surface area contributed by atoms with Crippen molar-refractivity contribution in [2.75, 3.05) is 11.9 Å². The minimum atomic E-state index is -0.451. The lowest BCUT2D eigenvalue weighted by atomic mass is 10.0. The van der Waals surface area contributed by atoms with Crippen molar-refractivity contribution >= 4 is 45.2 Å². The number of carbonyl (C=O) groups is 1. The predicted molar refractivity (Wildman–Crippen MR) is 138 cm³/mol. The number of carbonyl (C=O) groups excluding carboxylic acids is 1. The van der Waals surface area contributed by atoms with Crippen molar-refractivity contribution < 1.29 is 9.53 Å². The number of para-hydroxylation sites is 1. The van der Waals surface area contributed by atoms with E-state index in [2.05, 4.69) is 21.2 Å². The Bertz CT molecular complexity index is 1230. The Morgan fingerprint density at radius 3 is 2.48 bits per heavy atom. The lowest BCUT2D eigenvalue weighted by molar-refractivity contribution is -0.112. The first-order valence-electron chi connectivity index (χ1n) is 10.7. The van der Waals surface area contributed by atoms with Gasteiger partial charge in [0.25, 0.3) is 5.91 Å². The molecule has 0 unspecified atom stereocenters. The zero-order valence-electron chi connectivity index (χ0n) is 18.5. The molecule has 4 nitrogen and oxygen atoms in total. The molecule has 1 N–H and O–H groups in total. The summed E-state index contributed by atoms with van der Waals surface area (Å²) in [6, 6.07) is 21.0. The Balaban J connectivity index is 1.93. The van der Waals surface area contributed by atoms with Gasteiger partial charge in [-0.25, -0.2) is 0 Å². The average Bonchev–Trinajstić information content (AvgIpc) is 2.81. The smallest absolute Gasteiger partial charge is 0.266 e. The Labute approximate surface area is 208 Å². The minimum absolute atomic E-state index is 0.00843. The quantitative estimate of drug-likeness (QED) is 0.251. The normalized spacial score (nSPS) is 11.1. The molecule has 0 radical (unpaired) electrons. The van der Waals surface area contributed by atoms with Crippen molar-refractivity contribution in [3.63, 3.8) is 0 Å². The van der Waals surface area contributed by atoms with E-state index in [9.17, 15) is 10.1 Å². The number of ether oxygens (including phenoxy) is 1. The van der Waals surface area contributed by atoms with Crippen LogP contribution in [0.15, 0.2) is 70.7 Å². The Kier molecular flexibility index (Phi) is 8.71. The van der Waals surface area contributed by atoms with Crippen LogP contribution in [0.25, 0.3) is 6.08 Å². The zero-order chi connectivity index (χ0) is 23.8. The van der Waals surface area contributed by atoms with E-state index in [4.69, 9.17) is 16.3 Å². The molecule has 0 aromatic heterocycles. The second-order valence-electron chi connectivity index (χ2n) is 7.32. The fourth-order valence-corrected chi connectivity index (χ4v) is 4.26. The minimum Gasteiger partial charge on any atom is -0.494 e. The predicted octanol–water partition coefficient (Wildman–Crippen LogP) is 7.20. The molecule has 3 aromatic rings. The molecule has 0 fully saturated rings. The number of rotatable bonds is 8. The molecule has 0 saturated heterocycles. The molecule has 33 heavy (non-hydrogen) atoms. The van der Waals surface area contributed by atoms with Crippen molar-refractivity contribution in [3.05, 3.63) is 98.0 Å². The zero-order valence-corrected chi connectivity index (χ0v) is 20.8. The monoisotopic (exact) mass is 522 g/mol. The fourth-order valence-electron chi connectivity index (χ4n) is 3.46. The van der Waals surface area contributed by atoms with Crippen LogP contribution in [0.1, 0.15) is 36.1 Å². The van der Waals surface area contributed by atoms with Gasteiger partial charge in [-0.05, 0) is 60.4 Å². The summed E-state index contributed by atoms with van der Waals surface area (Å²) in [6.07, 6.45) is 2.93. The van der Waals surface area contributed by atoms with Crippen molar-refractivity contribution in [2.45, 2.75) is 26.7 Å². The lowest BCUT2D eigenvalue weighted by Crippen LogP contribution is -2.14. The van der Waals surface area contributed by atoms with Gasteiger partial charge >= 0.3 is 0 Å². The summed E-state index contributed by atoms with van der Waals surface area (Å²) >= 11 is 9.99. The van der Waals surface area contributed by atoms with E-state index in [1.165, 1.54) is 0 Å². The topological polar surface area (TPSA) is 62.1 Å². The number of nitrogens with one attached hydrogen (secondary N) is 1. The first-order valence-corrected chi connectivity index (χ1v) is 11.8. The van der Waals surface area contributed by atoms with Crippen LogP contribution in [0, 0.1) is 11.3 Å². The van der Waals surface area contributed by atoms with Crippen LogP contribution in [-0.2, 0) is 17.6 Å². The van der Waals surface area contributed by atoms with E-state index < -0.39 is 5.91 Å². The molecule has 0 saturated carbocycles. The largest absolute Gasteiger partial charge is 0.494 e. The molecular weight excluding hydrogens is 500 g/mol. The van der Waals surface area contributed by atoms with E-state index in [0.717, 1.165) is 27.6 Å². The van der Waals surface area contributed by atoms with Crippen LogP contribution < -0.4 is 10.1 Å². The van der Waals surface area contributed by atoms with Gasteiger partial charge in [0, 0.05) is 27.2 Å². The summed E-state index contributed by atoms with van der Waals surface area (Å²) in [6.45, 7) is 4.41. The number of hydrogen-bond acceptors (Lipinski definition) is 3. The van der Waals surface area contributed by atoms with Crippen LogP contribution in [0.5, 0.6) is 5.75 Å². The summed E-state index contributed by atoms with van der Waals surface area (Å²) in [5.41, 5.74) is 4.33. The van der Waals surface area contributed by atoms with Crippen LogP contribution in [0.2, 0.25) is 5.02 Å². The van der Waals surface area contributed by atoms with Crippen molar-refractivity contribution in [2.24, 2.45) is 0 Å². The van der Waals surface area contributed by atoms with Gasteiger partial charge in [0.15, 0.2) is 0 Å². The van der Waals surface area contributed by atoms with Gasteiger partial charge in [0.05, 0.1) is 6.61 Å². The molecule has 168 valence electrons. The summed E-state index contributed by atoms with van der Waals surface area (Å²) in [5, 5.41) is 13.2. The second-order valence-corrected chi connectivity index (χ2v) is 8.58. The van der Waals surface area contributed by atoms with Crippen molar-refractivity contribution in [3.8, 4) is 11.8 Å². The number of nitriles is 1. The molecular formula is C27H24BrClN2O2. The molecule has 0 spiro atoms. The van der Waals surface area contributed by atoms with E-state index in [1.54, 1.807) is 6.08 Å². The Morgan fingerprint density at radius 1 is 1.12 bits per heavy atom. The summed E-state index contributed by atoms with van der Waals surface area (Å²) in [4.78, 5) is 12.8. The van der Waals surface area contributed by atoms with Crippen molar-refractivity contribution in [1.82, 2.24) is 0 Å². The Morgan fingerprint density at radius 2 is 1.82 bits per heavy atom. The molecule has 1 amide bonds. The molecule has 0 heterocycles. The Hall–Kier alpha value is -3.07. The van der Waals surface area contributed by atoms with Gasteiger partial charge in [-0.15, -0.1) is 0 Å². The molecule has 0 aliphatic heterocycles. The molecule has 0 aliphatic carbocycles. The second kappa shape index (κ2) is 11.7. The van der Waals surface area contributed by atoms with Gasteiger partial charge in [0.1, 0.15) is 17.4 Å². The molecule has 0 atom stereocenters. The SMILES string of the molecule is CCOc1cc(/C=C(\C#N)C(=O)Nc2ccccc2CC)cc(Br)c1Cc1ccccc1Cl. The third kappa shape index (κ3) is 6.25. The first kappa shape index (κ1) is 24.6. The molecule has 3 rings (SSSR count). The van der Waals surface area contributed by atoms with E-state index >= 15 is 0 Å². The fraction of sp³-hybridized carbons (Fsp3) is 0.185. The number of nitrogens with zero attached hydrogens (tertiary/aromatic N) is 1. The van der Waals surface area contributed by atoms with E-state index in [1.807, 2.05) is 80.6 Å². The number of aryl methyl sites for hydroxylation is 1.